The minimum Gasteiger partial charge on any atom is -0.398 e. The molecule has 7 heteroatoms. The Morgan fingerprint density at radius 3 is 2.55 bits per heavy atom. The lowest BCUT2D eigenvalue weighted by Gasteiger charge is -2.12. The van der Waals surface area contributed by atoms with Crippen molar-refractivity contribution in [1.82, 2.24) is 0 Å². The van der Waals surface area contributed by atoms with Gasteiger partial charge in [-0.15, -0.1) is 0 Å². The first-order valence-electron chi connectivity index (χ1n) is 5.49. The first-order valence-corrected chi connectivity index (χ1v) is 6.95. The third-order valence-corrected chi connectivity index (χ3v) is 3.59. The lowest BCUT2D eigenvalue weighted by atomic mass is 10.1. The van der Waals surface area contributed by atoms with Crippen LogP contribution >= 0.6 is 34.2 Å². The van der Waals surface area contributed by atoms with Gasteiger partial charge in [0.05, 0.1) is 22.0 Å². The lowest BCUT2D eigenvalue weighted by Crippen LogP contribution is -2.14. The van der Waals surface area contributed by atoms with Gasteiger partial charge >= 0.3 is 0 Å². The minimum absolute atomic E-state index is 0.00532. The number of amides is 1. The molecule has 0 bridgehead atoms. The van der Waals surface area contributed by atoms with Gasteiger partial charge in [-0.1, -0.05) is 11.6 Å². The molecular formula is C13H10ClFIN3O. The van der Waals surface area contributed by atoms with Gasteiger partial charge in [0.25, 0.3) is 5.91 Å². The number of carbonyl (C=O) groups excluding carboxylic acids is 1. The van der Waals surface area contributed by atoms with Crippen molar-refractivity contribution < 1.29 is 9.18 Å². The Bertz CT molecular complexity index is 694. The van der Waals surface area contributed by atoms with Crippen LogP contribution in [0, 0.1) is 9.39 Å². The summed E-state index contributed by atoms with van der Waals surface area (Å²) in [5, 5.41) is 3.26. The number of hydrogen-bond donors (Lipinski definition) is 3. The molecule has 2 rings (SSSR count). The highest BCUT2D eigenvalue weighted by molar-refractivity contribution is 14.1. The second kappa shape index (κ2) is 5.84. The summed E-state index contributed by atoms with van der Waals surface area (Å²) in [6.07, 6.45) is 0. The van der Waals surface area contributed by atoms with E-state index in [9.17, 15) is 9.18 Å². The maximum absolute atomic E-state index is 13.9. The number of halogens is 3. The third kappa shape index (κ3) is 3.13. The third-order valence-electron chi connectivity index (χ3n) is 2.61. The van der Waals surface area contributed by atoms with E-state index in [-0.39, 0.29) is 16.9 Å². The van der Waals surface area contributed by atoms with Crippen LogP contribution in [0.2, 0.25) is 5.02 Å². The fourth-order valence-corrected chi connectivity index (χ4v) is 2.54. The highest BCUT2D eigenvalue weighted by Gasteiger charge is 2.13. The normalized spacial score (nSPS) is 10.3. The number of hydrogen-bond acceptors (Lipinski definition) is 3. The second-order valence-corrected chi connectivity index (χ2v) is 5.69. The van der Waals surface area contributed by atoms with Crippen LogP contribution in [-0.2, 0) is 0 Å². The average molecular weight is 406 g/mol. The summed E-state index contributed by atoms with van der Waals surface area (Å²) in [7, 11) is 0. The Labute approximate surface area is 133 Å². The molecule has 0 aliphatic rings. The zero-order valence-corrected chi connectivity index (χ0v) is 13.0. The molecule has 4 nitrogen and oxygen atoms in total. The van der Waals surface area contributed by atoms with Gasteiger partial charge in [-0.05, 0) is 52.9 Å². The highest BCUT2D eigenvalue weighted by Crippen LogP contribution is 2.30. The molecule has 0 saturated carbocycles. The molecule has 0 radical (unpaired) electrons. The predicted octanol–water partition coefficient (Wildman–Crippen LogP) is 3.51. The summed E-state index contributed by atoms with van der Waals surface area (Å²) < 4.78 is 14.8. The summed E-state index contributed by atoms with van der Waals surface area (Å²) in [4.78, 5) is 11.2. The van der Waals surface area contributed by atoms with Crippen LogP contribution in [0.5, 0.6) is 0 Å². The van der Waals surface area contributed by atoms with Crippen LogP contribution in [0.1, 0.15) is 10.4 Å². The topological polar surface area (TPSA) is 81.1 Å². The van der Waals surface area contributed by atoms with Crippen molar-refractivity contribution in [2.45, 2.75) is 0 Å². The molecule has 2 aromatic rings. The minimum atomic E-state index is -0.723. The molecular weight excluding hydrogens is 396 g/mol. The Kier molecular flexibility index (Phi) is 4.34. The zero-order valence-electron chi connectivity index (χ0n) is 10.1. The van der Waals surface area contributed by atoms with Crippen LogP contribution in [0.25, 0.3) is 0 Å². The maximum Gasteiger partial charge on any atom is 0.250 e. The molecule has 0 heterocycles. The van der Waals surface area contributed by atoms with Gasteiger partial charge in [-0.2, -0.15) is 0 Å². The predicted molar refractivity (Wildman–Crippen MR) is 86.8 cm³/mol. The molecule has 0 saturated heterocycles. The second-order valence-electron chi connectivity index (χ2n) is 4.03. The molecule has 104 valence electrons. The van der Waals surface area contributed by atoms with E-state index in [0.717, 1.165) is 9.64 Å². The van der Waals surface area contributed by atoms with Crippen LogP contribution in [0.4, 0.5) is 21.5 Å². The van der Waals surface area contributed by atoms with Crippen LogP contribution in [0.3, 0.4) is 0 Å². The van der Waals surface area contributed by atoms with E-state index in [4.69, 9.17) is 23.1 Å². The maximum atomic E-state index is 13.9. The summed E-state index contributed by atoms with van der Waals surface area (Å²) in [6.45, 7) is 0. The molecule has 1 amide bonds. The number of nitrogens with one attached hydrogen (secondary N) is 1. The van der Waals surface area contributed by atoms with E-state index >= 15 is 0 Å². The lowest BCUT2D eigenvalue weighted by molar-refractivity contribution is 0.100. The van der Waals surface area contributed by atoms with Gasteiger partial charge in [0, 0.05) is 9.26 Å². The van der Waals surface area contributed by atoms with E-state index in [0.29, 0.717) is 10.7 Å². The van der Waals surface area contributed by atoms with Gasteiger partial charge in [0.2, 0.25) is 0 Å². The van der Waals surface area contributed by atoms with E-state index in [2.05, 4.69) is 27.9 Å². The van der Waals surface area contributed by atoms with Gasteiger partial charge < -0.3 is 16.8 Å². The Hall–Kier alpha value is -1.54. The molecule has 0 aromatic heterocycles. The van der Waals surface area contributed by atoms with E-state index < -0.39 is 11.7 Å². The average Bonchev–Trinajstić information content (AvgIpc) is 2.35. The standard InChI is InChI=1S/C13H10ClFIN3O/c14-8-3-6(16)1-2-11(8)19-12-4-7(13(18)20)10(17)5-9(12)15/h1-5,19H,17H2,(H2,18,20). The van der Waals surface area contributed by atoms with Crippen molar-refractivity contribution in [1.29, 1.82) is 0 Å². The van der Waals surface area contributed by atoms with Gasteiger partial charge in [0.1, 0.15) is 5.82 Å². The monoisotopic (exact) mass is 405 g/mol. The molecule has 0 fully saturated rings. The van der Waals surface area contributed by atoms with Gasteiger partial charge in [0.15, 0.2) is 0 Å². The quantitative estimate of drug-likeness (QED) is 0.540. The van der Waals surface area contributed by atoms with Crippen molar-refractivity contribution >= 4 is 57.2 Å². The summed E-state index contributed by atoms with van der Waals surface area (Å²) in [5.74, 6) is -1.32. The van der Waals surface area contributed by atoms with E-state index in [1.165, 1.54) is 6.07 Å². The summed E-state index contributed by atoms with van der Waals surface area (Å²) >= 11 is 8.17. The van der Waals surface area contributed by atoms with Crippen molar-refractivity contribution in [2.75, 3.05) is 11.1 Å². The van der Waals surface area contributed by atoms with Crippen LogP contribution in [0.15, 0.2) is 30.3 Å². The number of primary amides is 1. The Morgan fingerprint density at radius 2 is 1.95 bits per heavy atom. The molecule has 0 aliphatic carbocycles. The van der Waals surface area contributed by atoms with Gasteiger partial charge in [-0.25, -0.2) is 4.39 Å². The number of nitrogens with two attached hydrogens (primary N) is 2. The molecule has 2 aromatic carbocycles. The fourth-order valence-electron chi connectivity index (χ4n) is 1.63. The molecule has 0 aliphatic heterocycles. The molecule has 5 N–H and O–H groups in total. The number of rotatable bonds is 3. The first-order chi connectivity index (χ1) is 9.38. The van der Waals surface area contributed by atoms with E-state index in [1.54, 1.807) is 12.1 Å². The first kappa shape index (κ1) is 14.9. The molecule has 20 heavy (non-hydrogen) atoms. The highest BCUT2D eigenvalue weighted by atomic mass is 127. The van der Waals surface area contributed by atoms with Crippen molar-refractivity contribution in [3.8, 4) is 0 Å². The van der Waals surface area contributed by atoms with E-state index in [1.807, 2.05) is 6.07 Å². The Morgan fingerprint density at radius 1 is 1.25 bits per heavy atom. The molecule has 0 unspecified atom stereocenters. The number of nitrogen functional groups attached to an aromatic ring is 1. The van der Waals surface area contributed by atoms with Crippen molar-refractivity contribution in [2.24, 2.45) is 5.73 Å². The molecule has 0 atom stereocenters. The number of carbonyl (C=O) groups is 1. The fraction of sp³-hybridized carbons (Fsp3) is 0. The van der Waals surface area contributed by atoms with Crippen LogP contribution < -0.4 is 16.8 Å². The van der Waals surface area contributed by atoms with Crippen molar-refractivity contribution in [3.05, 3.63) is 50.3 Å². The largest absolute Gasteiger partial charge is 0.398 e. The number of anilines is 3. The number of benzene rings is 2. The van der Waals surface area contributed by atoms with Gasteiger partial charge in [-0.3, -0.25) is 4.79 Å². The summed E-state index contributed by atoms with van der Waals surface area (Å²) in [5.41, 5.74) is 11.4. The SMILES string of the molecule is NC(=O)c1cc(Nc2ccc(I)cc2Cl)c(F)cc1N. The van der Waals surface area contributed by atoms with Crippen molar-refractivity contribution in [3.63, 3.8) is 0 Å². The summed E-state index contributed by atoms with van der Waals surface area (Å²) in [6, 6.07) is 7.57. The Balaban J connectivity index is 2.43. The molecule has 0 spiro atoms. The van der Waals surface area contributed by atoms with Crippen LogP contribution in [-0.4, -0.2) is 5.91 Å². The smallest absolute Gasteiger partial charge is 0.250 e. The zero-order chi connectivity index (χ0) is 14.9.